The molecule has 0 bridgehead atoms. The zero-order chi connectivity index (χ0) is 13.8. The van der Waals surface area contributed by atoms with E-state index < -0.39 is 0 Å². The van der Waals surface area contributed by atoms with Crippen LogP contribution in [-0.4, -0.2) is 53.9 Å². The minimum Gasteiger partial charge on any atom is -0.342 e. The molecule has 0 spiro atoms. The number of aromatic nitrogens is 3. The van der Waals surface area contributed by atoms with Gasteiger partial charge in [0.1, 0.15) is 0 Å². The molecule has 0 aliphatic carbocycles. The minimum absolute atomic E-state index is 0.609. The second kappa shape index (κ2) is 5.99. The smallest absolute Gasteiger partial charge is 0.230 e. The van der Waals surface area contributed by atoms with Gasteiger partial charge in [0.15, 0.2) is 0 Å². The van der Waals surface area contributed by atoms with Gasteiger partial charge in [-0.05, 0) is 38.4 Å². The van der Waals surface area contributed by atoms with E-state index in [4.69, 9.17) is 12.2 Å². The molecule has 1 aromatic carbocycles. The standard InChI is InChI=1S/C13H19N5S/c1-16(2)9-10-17(3)12-14-15-13(19)18(12)11-7-5-4-6-8-11/h4-8H,9-10H2,1-3H3,(H,15,19). The van der Waals surface area contributed by atoms with Crippen molar-refractivity contribution in [3.8, 4) is 5.69 Å². The number of likely N-dealkylation sites (N-methyl/N-ethyl adjacent to an activating group) is 2. The highest BCUT2D eigenvalue weighted by atomic mass is 32.1. The fourth-order valence-corrected chi connectivity index (χ4v) is 2.04. The van der Waals surface area contributed by atoms with Gasteiger partial charge in [-0.15, -0.1) is 5.10 Å². The van der Waals surface area contributed by atoms with E-state index in [1.165, 1.54) is 0 Å². The Bertz CT molecular complexity index is 572. The van der Waals surface area contributed by atoms with E-state index in [1.54, 1.807) is 0 Å². The van der Waals surface area contributed by atoms with Gasteiger partial charge in [0.25, 0.3) is 0 Å². The number of benzene rings is 1. The van der Waals surface area contributed by atoms with Crippen molar-refractivity contribution in [3.05, 3.63) is 35.1 Å². The lowest BCUT2D eigenvalue weighted by Gasteiger charge is -2.20. The van der Waals surface area contributed by atoms with Crippen LogP contribution in [0.5, 0.6) is 0 Å². The summed E-state index contributed by atoms with van der Waals surface area (Å²) < 4.78 is 2.56. The molecule has 0 saturated heterocycles. The van der Waals surface area contributed by atoms with Crippen LogP contribution in [0.1, 0.15) is 0 Å². The second-order valence-electron chi connectivity index (χ2n) is 4.72. The Labute approximate surface area is 118 Å². The number of H-pyrrole nitrogens is 1. The van der Waals surface area contributed by atoms with E-state index in [1.807, 2.05) is 41.9 Å². The monoisotopic (exact) mass is 277 g/mol. The van der Waals surface area contributed by atoms with Gasteiger partial charge in [-0.3, -0.25) is 4.57 Å². The normalized spacial score (nSPS) is 10.9. The van der Waals surface area contributed by atoms with Crippen LogP contribution in [0, 0.1) is 4.77 Å². The van der Waals surface area contributed by atoms with Crippen LogP contribution in [0.2, 0.25) is 0 Å². The summed E-state index contributed by atoms with van der Waals surface area (Å²) in [6.07, 6.45) is 0. The summed E-state index contributed by atoms with van der Waals surface area (Å²) in [7, 11) is 6.14. The van der Waals surface area contributed by atoms with Crippen LogP contribution in [-0.2, 0) is 0 Å². The maximum Gasteiger partial charge on any atom is 0.230 e. The molecule has 0 saturated carbocycles. The molecule has 19 heavy (non-hydrogen) atoms. The van der Waals surface area contributed by atoms with Crippen LogP contribution < -0.4 is 4.90 Å². The third-order valence-electron chi connectivity index (χ3n) is 2.89. The largest absolute Gasteiger partial charge is 0.342 e. The molecule has 2 rings (SSSR count). The van der Waals surface area contributed by atoms with Gasteiger partial charge < -0.3 is 9.80 Å². The maximum absolute atomic E-state index is 5.32. The molecule has 0 atom stereocenters. The Kier molecular flexibility index (Phi) is 4.34. The zero-order valence-electron chi connectivity index (χ0n) is 11.5. The molecule has 1 aromatic heterocycles. The summed E-state index contributed by atoms with van der Waals surface area (Å²) in [5.41, 5.74) is 1.02. The number of rotatable bonds is 5. The van der Waals surface area contributed by atoms with Crippen LogP contribution in [0.25, 0.3) is 5.69 Å². The van der Waals surface area contributed by atoms with Crippen molar-refractivity contribution in [3.63, 3.8) is 0 Å². The predicted molar refractivity (Wildman–Crippen MR) is 80.6 cm³/mol. The lowest BCUT2D eigenvalue weighted by Crippen LogP contribution is -2.30. The number of para-hydroxylation sites is 1. The summed E-state index contributed by atoms with van der Waals surface area (Å²) in [5, 5.41) is 7.19. The van der Waals surface area contributed by atoms with Crippen molar-refractivity contribution < 1.29 is 0 Å². The number of aromatic amines is 1. The van der Waals surface area contributed by atoms with Crippen molar-refractivity contribution in [2.45, 2.75) is 0 Å². The number of hydrogen-bond donors (Lipinski definition) is 1. The summed E-state index contributed by atoms with van der Waals surface area (Å²) in [6.45, 7) is 1.85. The Morgan fingerprint density at radius 1 is 1.16 bits per heavy atom. The molecular weight excluding hydrogens is 258 g/mol. The van der Waals surface area contributed by atoms with Crippen molar-refractivity contribution >= 4 is 18.2 Å². The molecule has 102 valence electrons. The van der Waals surface area contributed by atoms with E-state index >= 15 is 0 Å². The molecule has 1 heterocycles. The molecule has 0 aliphatic heterocycles. The highest BCUT2D eigenvalue weighted by molar-refractivity contribution is 7.71. The Hall–Kier alpha value is -1.66. The highest BCUT2D eigenvalue weighted by Gasteiger charge is 2.12. The zero-order valence-corrected chi connectivity index (χ0v) is 12.3. The molecule has 5 nitrogen and oxygen atoms in total. The fraction of sp³-hybridized carbons (Fsp3) is 0.385. The van der Waals surface area contributed by atoms with Crippen molar-refractivity contribution in [1.29, 1.82) is 0 Å². The quantitative estimate of drug-likeness (QED) is 0.848. The minimum atomic E-state index is 0.609. The predicted octanol–water partition coefficient (Wildman–Crippen LogP) is 1.93. The average Bonchev–Trinajstić information content (AvgIpc) is 2.79. The van der Waals surface area contributed by atoms with Crippen LogP contribution in [0.15, 0.2) is 30.3 Å². The van der Waals surface area contributed by atoms with E-state index in [-0.39, 0.29) is 0 Å². The molecule has 0 amide bonds. The Balaban J connectivity index is 2.30. The van der Waals surface area contributed by atoms with Crippen molar-refractivity contribution in [2.24, 2.45) is 0 Å². The third kappa shape index (κ3) is 3.21. The van der Waals surface area contributed by atoms with Gasteiger partial charge >= 0.3 is 0 Å². The first kappa shape index (κ1) is 13.8. The molecule has 2 aromatic rings. The highest BCUT2D eigenvalue weighted by Crippen LogP contribution is 2.16. The summed E-state index contributed by atoms with van der Waals surface area (Å²) in [6, 6.07) is 10.0. The fourth-order valence-electron chi connectivity index (χ4n) is 1.80. The van der Waals surface area contributed by atoms with E-state index in [0.29, 0.717) is 4.77 Å². The van der Waals surface area contributed by atoms with Crippen LogP contribution in [0.3, 0.4) is 0 Å². The van der Waals surface area contributed by atoms with Crippen molar-refractivity contribution in [2.75, 3.05) is 39.1 Å². The Morgan fingerprint density at radius 3 is 2.47 bits per heavy atom. The van der Waals surface area contributed by atoms with Gasteiger partial charge in [0, 0.05) is 20.1 Å². The summed E-state index contributed by atoms with van der Waals surface area (Å²) >= 11 is 5.32. The number of nitrogens with one attached hydrogen (secondary N) is 1. The molecular formula is C13H19N5S. The summed E-state index contributed by atoms with van der Waals surface area (Å²) in [4.78, 5) is 4.24. The molecule has 6 heteroatoms. The first-order chi connectivity index (χ1) is 9.09. The number of hydrogen-bond acceptors (Lipinski definition) is 4. The van der Waals surface area contributed by atoms with Gasteiger partial charge in [-0.25, -0.2) is 5.10 Å². The summed E-state index contributed by atoms with van der Waals surface area (Å²) in [5.74, 6) is 0.832. The van der Waals surface area contributed by atoms with Gasteiger partial charge in [0.2, 0.25) is 10.7 Å². The first-order valence-electron chi connectivity index (χ1n) is 6.18. The van der Waals surface area contributed by atoms with Gasteiger partial charge in [-0.1, -0.05) is 18.2 Å². The second-order valence-corrected chi connectivity index (χ2v) is 5.11. The van der Waals surface area contributed by atoms with Gasteiger partial charge in [0.05, 0.1) is 5.69 Å². The molecule has 0 unspecified atom stereocenters. The number of anilines is 1. The molecule has 0 aliphatic rings. The molecule has 0 radical (unpaired) electrons. The van der Waals surface area contributed by atoms with Crippen LogP contribution >= 0.6 is 12.2 Å². The Morgan fingerprint density at radius 2 is 1.84 bits per heavy atom. The van der Waals surface area contributed by atoms with Crippen LogP contribution in [0.4, 0.5) is 5.95 Å². The van der Waals surface area contributed by atoms with E-state index in [9.17, 15) is 0 Å². The van der Waals surface area contributed by atoms with Crippen molar-refractivity contribution in [1.82, 2.24) is 19.7 Å². The SMILES string of the molecule is CN(C)CCN(C)c1n[nH]c(=S)n1-c1ccccc1. The maximum atomic E-state index is 5.32. The van der Waals surface area contributed by atoms with E-state index in [0.717, 1.165) is 24.7 Å². The molecule has 0 fully saturated rings. The lowest BCUT2D eigenvalue weighted by atomic mass is 10.3. The van der Waals surface area contributed by atoms with E-state index in [2.05, 4.69) is 34.1 Å². The van der Waals surface area contributed by atoms with Gasteiger partial charge in [-0.2, -0.15) is 0 Å². The lowest BCUT2D eigenvalue weighted by molar-refractivity contribution is 0.415. The third-order valence-corrected chi connectivity index (χ3v) is 3.17. The molecule has 1 N–H and O–H groups in total. The first-order valence-corrected chi connectivity index (χ1v) is 6.59. The topological polar surface area (TPSA) is 40.1 Å². The number of nitrogens with zero attached hydrogens (tertiary/aromatic N) is 4. The average molecular weight is 277 g/mol.